The maximum atomic E-state index is 14.0. The largest absolute Gasteiger partial charge is 0.463 e. The topological polar surface area (TPSA) is 68.7 Å². The predicted octanol–water partition coefficient (Wildman–Crippen LogP) is 1.66. The van der Waals surface area contributed by atoms with Crippen LogP contribution in [0.1, 0.15) is 12.8 Å². The van der Waals surface area contributed by atoms with Gasteiger partial charge < -0.3 is 14.4 Å². The molecule has 2 aliphatic heterocycles. The first-order valence-electron chi connectivity index (χ1n) is 7.48. The van der Waals surface area contributed by atoms with E-state index in [0.29, 0.717) is 13.2 Å². The Balaban J connectivity index is 2.09. The summed E-state index contributed by atoms with van der Waals surface area (Å²) in [6.07, 6.45) is 6.97. The van der Waals surface area contributed by atoms with Gasteiger partial charge in [-0.1, -0.05) is 17.5 Å². The Hall–Kier alpha value is -1.56. The minimum absolute atomic E-state index is 0.0250. The molecule has 0 aromatic carbocycles. The second-order valence-electron chi connectivity index (χ2n) is 5.59. The number of sulfone groups is 1. The molecule has 6 nitrogen and oxygen atoms in total. The number of pyridine rings is 1. The highest BCUT2D eigenvalue weighted by Gasteiger charge is 2.37. The van der Waals surface area contributed by atoms with Gasteiger partial charge in [-0.25, -0.2) is 8.42 Å². The average molecular weight is 375 g/mol. The number of halogens is 2. The Bertz CT molecular complexity index is 788. The van der Waals surface area contributed by atoms with E-state index in [1.165, 1.54) is 0 Å². The van der Waals surface area contributed by atoms with Gasteiger partial charge in [-0.2, -0.15) is 9.37 Å². The maximum Gasteiger partial charge on any atom is 0.242 e. The van der Waals surface area contributed by atoms with Crippen molar-refractivity contribution in [3.05, 3.63) is 11.0 Å². The fraction of sp³-hybridized carbons (Fsp3) is 0.533. The van der Waals surface area contributed by atoms with Crippen molar-refractivity contribution in [1.29, 1.82) is 0 Å². The zero-order chi connectivity index (χ0) is 17.3. The molecule has 1 saturated heterocycles. The number of nitrogens with zero attached hydrogens (tertiary/aromatic N) is 2. The molecule has 3 rings (SSSR count). The summed E-state index contributed by atoms with van der Waals surface area (Å²) in [4.78, 5) is 5.14. The Kier molecular flexibility index (Phi) is 4.85. The summed E-state index contributed by atoms with van der Waals surface area (Å²) in [5, 5.41) is -0.518. The summed E-state index contributed by atoms with van der Waals surface area (Å²) in [6.45, 7) is 1.20. The molecule has 0 radical (unpaired) electrons. The number of hydrogen-bond acceptors (Lipinski definition) is 6. The third kappa shape index (κ3) is 3.16. The van der Waals surface area contributed by atoms with Gasteiger partial charge in [-0.15, -0.1) is 6.42 Å². The molecule has 0 unspecified atom stereocenters. The molecule has 1 atom stereocenters. The van der Waals surface area contributed by atoms with Crippen molar-refractivity contribution in [2.75, 3.05) is 37.0 Å². The normalized spacial score (nSPS) is 22.0. The van der Waals surface area contributed by atoms with Crippen molar-refractivity contribution in [3.8, 4) is 18.2 Å². The maximum absolute atomic E-state index is 14.0. The zero-order valence-corrected chi connectivity index (χ0v) is 14.4. The van der Waals surface area contributed by atoms with E-state index in [2.05, 4.69) is 10.9 Å². The molecule has 0 aliphatic carbocycles. The van der Waals surface area contributed by atoms with Crippen molar-refractivity contribution < 1.29 is 22.3 Å². The van der Waals surface area contributed by atoms with Crippen molar-refractivity contribution in [1.82, 2.24) is 4.98 Å². The number of aromatic nitrogens is 1. The molecule has 1 aromatic heterocycles. The van der Waals surface area contributed by atoms with E-state index in [-0.39, 0.29) is 41.5 Å². The molecule has 9 heteroatoms. The van der Waals surface area contributed by atoms with Crippen LogP contribution in [0, 0.1) is 18.3 Å². The van der Waals surface area contributed by atoms with Gasteiger partial charge in [-0.3, -0.25) is 0 Å². The van der Waals surface area contributed by atoms with Crippen LogP contribution in [0.3, 0.4) is 0 Å². The zero-order valence-electron chi connectivity index (χ0n) is 12.8. The number of rotatable bonds is 4. The second kappa shape index (κ2) is 6.75. The minimum atomic E-state index is -3.74. The van der Waals surface area contributed by atoms with Crippen LogP contribution in [0.15, 0.2) is 4.90 Å². The summed E-state index contributed by atoms with van der Waals surface area (Å²) in [5.74, 6) is 0.840. The van der Waals surface area contributed by atoms with E-state index < -0.39 is 20.8 Å². The molecule has 24 heavy (non-hydrogen) atoms. The average Bonchev–Trinajstić information content (AvgIpc) is 3.04. The van der Waals surface area contributed by atoms with Crippen molar-refractivity contribution in [2.24, 2.45) is 0 Å². The van der Waals surface area contributed by atoms with Crippen LogP contribution in [0.25, 0.3) is 0 Å². The monoisotopic (exact) mass is 374 g/mol. The lowest BCUT2D eigenvalue weighted by Crippen LogP contribution is -2.40. The lowest BCUT2D eigenvalue weighted by atomic mass is 10.2. The van der Waals surface area contributed by atoms with Crippen LogP contribution in [0.4, 0.5) is 10.1 Å². The Morgan fingerprint density at radius 3 is 3.00 bits per heavy atom. The highest BCUT2D eigenvalue weighted by Crippen LogP contribution is 2.43. The number of hydrogen-bond donors (Lipinski definition) is 0. The van der Waals surface area contributed by atoms with Gasteiger partial charge in [-0.05, 0) is 12.8 Å². The molecule has 2 aliphatic rings. The van der Waals surface area contributed by atoms with Gasteiger partial charge in [0.2, 0.25) is 11.8 Å². The molecule has 0 N–H and O–H groups in total. The summed E-state index contributed by atoms with van der Waals surface area (Å²) >= 11 is 5.91. The van der Waals surface area contributed by atoms with E-state index in [1.54, 1.807) is 4.90 Å². The van der Waals surface area contributed by atoms with E-state index in [4.69, 9.17) is 27.5 Å². The smallest absolute Gasteiger partial charge is 0.242 e. The fourth-order valence-electron chi connectivity index (χ4n) is 2.92. The molecular formula is C15H16ClFN2O4S. The lowest BCUT2D eigenvalue weighted by Gasteiger charge is -2.33. The first-order chi connectivity index (χ1) is 11.4. The van der Waals surface area contributed by atoms with E-state index in [1.807, 2.05) is 0 Å². The van der Waals surface area contributed by atoms with Crippen molar-refractivity contribution in [2.45, 2.75) is 23.8 Å². The van der Waals surface area contributed by atoms with Crippen molar-refractivity contribution in [3.63, 3.8) is 0 Å². The van der Waals surface area contributed by atoms with E-state index in [0.717, 1.165) is 12.8 Å². The highest BCUT2D eigenvalue weighted by atomic mass is 35.5. The van der Waals surface area contributed by atoms with Crippen LogP contribution in [-0.2, 0) is 14.6 Å². The number of fused-ring (bicyclic) bond motifs is 1. The Labute approximate surface area is 144 Å². The SMILES string of the molecule is C#CCOc1nc(F)c(Cl)c2c1N(C[C@H]1CCCO1)CCS2(=O)=O. The molecule has 0 amide bonds. The van der Waals surface area contributed by atoms with Crippen LogP contribution in [0.2, 0.25) is 5.02 Å². The molecule has 130 valence electrons. The summed E-state index contributed by atoms with van der Waals surface area (Å²) in [6, 6.07) is 0. The van der Waals surface area contributed by atoms with Gasteiger partial charge in [0, 0.05) is 19.7 Å². The Morgan fingerprint density at radius 2 is 2.33 bits per heavy atom. The Morgan fingerprint density at radius 1 is 1.54 bits per heavy atom. The standard InChI is InChI=1S/C15H16ClFN2O4S/c1-2-6-23-15-12-13(11(16)14(17)18-15)24(20,21)8-5-19(12)9-10-4-3-7-22-10/h1,10H,3-9H2/t10-/m1/s1. The van der Waals surface area contributed by atoms with Crippen LogP contribution in [0.5, 0.6) is 5.88 Å². The number of ether oxygens (including phenoxy) is 2. The van der Waals surface area contributed by atoms with Gasteiger partial charge in [0.25, 0.3) is 0 Å². The van der Waals surface area contributed by atoms with Gasteiger partial charge in [0.05, 0.1) is 11.9 Å². The van der Waals surface area contributed by atoms with Crippen LogP contribution < -0.4 is 9.64 Å². The van der Waals surface area contributed by atoms with E-state index in [9.17, 15) is 12.8 Å². The first kappa shape index (κ1) is 17.3. The predicted molar refractivity (Wildman–Crippen MR) is 86.8 cm³/mol. The van der Waals surface area contributed by atoms with Gasteiger partial charge in [0.15, 0.2) is 16.4 Å². The quantitative estimate of drug-likeness (QED) is 0.589. The molecule has 3 heterocycles. The van der Waals surface area contributed by atoms with Gasteiger partial charge >= 0.3 is 0 Å². The highest BCUT2D eigenvalue weighted by molar-refractivity contribution is 7.91. The van der Waals surface area contributed by atoms with Crippen LogP contribution >= 0.6 is 11.6 Å². The van der Waals surface area contributed by atoms with E-state index >= 15 is 0 Å². The minimum Gasteiger partial charge on any atom is -0.463 e. The first-order valence-corrected chi connectivity index (χ1v) is 9.51. The molecule has 0 spiro atoms. The molecule has 1 aromatic rings. The summed E-state index contributed by atoms with van der Waals surface area (Å²) < 4.78 is 49.7. The third-order valence-corrected chi connectivity index (χ3v) is 6.19. The second-order valence-corrected chi connectivity index (χ2v) is 8.02. The van der Waals surface area contributed by atoms with Gasteiger partial charge in [0.1, 0.15) is 15.6 Å². The fourth-order valence-corrected chi connectivity index (χ4v) is 4.94. The molecular weight excluding hydrogens is 359 g/mol. The van der Waals surface area contributed by atoms with Crippen LogP contribution in [-0.4, -0.2) is 51.6 Å². The molecule has 0 bridgehead atoms. The number of terminal acetylenes is 1. The van der Waals surface area contributed by atoms with Crippen molar-refractivity contribution >= 4 is 27.1 Å². The summed E-state index contributed by atoms with van der Waals surface area (Å²) in [5.41, 5.74) is 0.165. The molecule has 1 fully saturated rings. The number of anilines is 1. The lowest BCUT2D eigenvalue weighted by molar-refractivity contribution is 0.115. The molecule has 0 saturated carbocycles. The third-order valence-electron chi connectivity index (χ3n) is 4.00. The summed E-state index contributed by atoms with van der Waals surface area (Å²) in [7, 11) is -3.74.